The van der Waals surface area contributed by atoms with Crippen molar-refractivity contribution in [3.05, 3.63) is 24.3 Å². The Hall–Kier alpha value is -1.16. The maximum atomic E-state index is 12.5. The maximum Gasteiger partial charge on any atom is 0.243 e. The van der Waals surface area contributed by atoms with Gasteiger partial charge in [-0.15, -0.1) is 0 Å². The number of nitrogens with one attached hydrogen (secondary N) is 1. The van der Waals surface area contributed by atoms with Crippen LogP contribution in [0.1, 0.15) is 12.8 Å². The highest BCUT2D eigenvalue weighted by Crippen LogP contribution is 2.22. The Balaban J connectivity index is 2.08. The second kappa shape index (κ2) is 5.91. The Kier molecular flexibility index (Phi) is 4.57. The number of rotatable bonds is 4. The Morgan fingerprint density at radius 2 is 1.81 bits per heavy atom. The van der Waals surface area contributed by atoms with E-state index in [0.717, 1.165) is 6.26 Å². The highest BCUT2D eigenvalue weighted by Gasteiger charge is 2.30. The molecule has 1 aromatic rings. The number of nitrogens with two attached hydrogens (primary N) is 1. The van der Waals surface area contributed by atoms with Crippen molar-refractivity contribution in [1.29, 1.82) is 0 Å². The molecule has 0 unspecified atom stereocenters. The van der Waals surface area contributed by atoms with Crippen molar-refractivity contribution in [2.24, 2.45) is 0 Å². The summed E-state index contributed by atoms with van der Waals surface area (Å²) in [6.45, 7) is 0.564. The van der Waals surface area contributed by atoms with Gasteiger partial charge in [0.1, 0.15) is 0 Å². The lowest BCUT2D eigenvalue weighted by Gasteiger charge is -2.31. The van der Waals surface area contributed by atoms with Crippen LogP contribution in [0.3, 0.4) is 0 Å². The van der Waals surface area contributed by atoms with Crippen molar-refractivity contribution in [1.82, 2.24) is 9.03 Å². The van der Waals surface area contributed by atoms with Gasteiger partial charge in [-0.1, -0.05) is 6.07 Å². The average molecular weight is 333 g/mol. The van der Waals surface area contributed by atoms with Gasteiger partial charge in [-0.05, 0) is 31.0 Å². The van der Waals surface area contributed by atoms with Crippen LogP contribution in [0.2, 0.25) is 0 Å². The molecule has 1 aliphatic heterocycles. The first-order valence-electron chi connectivity index (χ1n) is 6.51. The Morgan fingerprint density at radius 3 is 2.33 bits per heavy atom. The first kappa shape index (κ1) is 16.2. The predicted octanol–water partition coefficient (Wildman–Crippen LogP) is -0.0289. The standard InChI is InChI=1S/C12H19N3O4S2/c1-20(16,17)14-11-5-7-15(8-6-11)21(18,19)12-4-2-3-10(13)9-12/h2-4,9,11,14H,5-8,13H2,1H3. The van der Waals surface area contributed by atoms with Crippen molar-refractivity contribution in [3.63, 3.8) is 0 Å². The highest BCUT2D eigenvalue weighted by molar-refractivity contribution is 7.89. The molecule has 1 fully saturated rings. The fourth-order valence-corrected chi connectivity index (χ4v) is 4.71. The van der Waals surface area contributed by atoms with Crippen molar-refractivity contribution < 1.29 is 16.8 Å². The zero-order valence-electron chi connectivity index (χ0n) is 11.7. The lowest BCUT2D eigenvalue weighted by molar-refractivity contribution is 0.309. The molecule has 2 rings (SSSR count). The fraction of sp³-hybridized carbons (Fsp3) is 0.500. The van der Waals surface area contributed by atoms with Crippen LogP contribution < -0.4 is 10.5 Å². The third-order valence-electron chi connectivity index (χ3n) is 3.33. The molecule has 118 valence electrons. The summed E-state index contributed by atoms with van der Waals surface area (Å²) in [4.78, 5) is 0.164. The van der Waals surface area contributed by atoms with E-state index in [-0.39, 0.29) is 24.0 Å². The van der Waals surface area contributed by atoms with Crippen molar-refractivity contribution in [2.45, 2.75) is 23.8 Å². The van der Waals surface area contributed by atoms with Gasteiger partial charge in [-0.25, -0.2) is 21.6 Å². The van der Waals surface area contributed by atoms with E-state index < -0.39 is 20.0 Å². The topological polar surface area (TPSA) is 110 Å². The number of nitrogen functional groups attached to an aromatic ring is 1. The van der Waals surface area contributed by atoms with Gasteiger partial charge in [0.25, 0.3) is 0 Å². The lowest BCUT2D eigenvalue weighted by Crippen LogP contribution is -2.46. The lowest BCUT2D eigenvalue weighted by atomic mass is 10.1. The molecular weight excluding hydrogens is 314 g/mol. The molecule has 21 heavy (non-hydrogen) atoms. The Morgan fingerprint density at radius 1 is 1.19 bits per heavy atom. The van der Waals surface area contributed by atoms with Crippen molar-refractivity contribution in [2.75, 3.05) is 25.1 Å². The number of piperidine rings is 1. The molecular formula is C12H19N3O4S2. The molecule has 0 saturated carbocycles. The zero-order valence-corrected chi connectivity index (χ0v) is 13.3. The van der Waals surface area contributed by atoms with E-state index in [0.29, 0.717) is 18.5 Å². The monoisotopic (exact) mass is 333 g/mol. The Bertz CT molecular complexity index is 708. The molecule has 1 saturated heterocycles. The van der Waals surface area contributed by atoms with Crippen LogP contribution in [0.25, 0.3) is 0 Å². The van der Waals surface area contributed by atoms with Crippen LogP contribution in [-0.2, 0) is 20.0 Å². The number of nitrogens with zero attached hydrogens (tertiary/aromatic N) is 1. The number of benzene rings is 1. The summed E-state index contributed by atoms with van der Waals surface area (Å²) in [5.41, 5.74) is 6.01. The molecule has 1 heterocycles. The van der Waals surface area contributed by atoms with Gasteiger partial charge < -0.3 is 5.73 Å². The van der Waals surface area contributed by atoms with Crippen LogP contribution in [0.15, 0.2) is 29.2 Å². The van der Waals surface area contributed by atoms with Gasteiger partial charge in [-0.2, -0.15) is 4.31 Å². The van der Waals surface area contributed by atoms with E-state index in [1.165, 1.54) is 16.4 Å². The molecule has 0 radical (unpaired) electrons. The number of hydrogen-bond acceptors (Lipinski definition) is 5. The summed E-state index contributed by atoms with van der Waals surface area (Å²) in [6.07, 6.45) is 2.01. The zero-order chi connectivity index (χ0) is 15.7. The SMILES string of the molecule is CS(=O)(=O)NC1CCN(S(=O)(=O)c2cccc(N)c2)CC1. The molecule has 1 aromatic carbocycles. The smallest absolute Gasteiger partial charge is 0.243 e. The second-order valence-corrected chi connectivity index (χ2v) is 8.86. The largest absolute Gasteiger partial charge is 0.399 e. The molecule has 3 N–H and O–H groups in total. The molecule has 9 heteroatoms. The fourth-order valence-electron chi connectivity index (χ4n) is 2.34. The minimum Gasteiger partial charge on any atom is -0.399 e. The van der Waals surface area contributed by atoms with Gasteiger partial charge >= 0.3 is 0 Å². The number of hydrogen-bond donors (Lipinski definition) is 2. The predicted molar refractivity (Wildman–Crippen MR) is 80.6 cm³/mol. The first-order valence-corrected chi connectivity index (χ1v) is 9.84. The van der Waals surface area contributed by atoms with Gasteiger partial charge in [-0.3, -0.25) is 0 Å². The summed E-state index contributed by atoms with van der Waals surface area (Å²) in [7, 11) is -6.84. The van der Waals surface area contributed by atoms with Crippen LogP contribution >= 0.6 is 0 Å². The summed E-state index contributed by atoms with van der Waals surface area (Å²) in [6, 6.07) is 5.94. The maximum absolute atomic E-state index is 12.5. The third kappa shape index (κ3) is 4.16. The Labute approximate surface area is 125 Å². The molecule has 0 aromatic heterocycles. The van der Waals surface area contributed by atoms with Gasteiger partial charge in [0.2, 0.25) is 20.0 Å². The third-order valence-corrected chi connectivity index (χ3v) is 5.99. The van der Waals surface area contributed by atoms with Crippen LogP contribution in [-0.4, -0.2) is 46.5 Å². The van der Waals surface area contributed by atoms with E-state index in [1.54, 1.807) is 12.1 Å². The molecule has 1 aliphatic rings. The molecule has 0 bridgehead atoms. The number of sulfonamides is 2. The summed E-state index contributed by atoms with van der Waals surface area (Å²) >= 11 is 0. The first-order chi connectivity index (χ1) is 9.68. The minimum atomic E-state index is -3.58. The molecule has 0 atom stereocenters. The van der Waals surface area contributed by atoms with Gasteiger partial charge in [0.15, 0.2) is 0 Å². The van der Waals surface area contributed by atoms with Crippen molar-refractivity contribution >= 4 is 25.7 Å². The molecule has 0 aliphatic carbocycles. The molecule has 0 spiro atoms. The normalized spacial score (nSPS) is 18.7. The van der Waals surface area contributed by atoms with E-state index in [4.69, 9.17) is 5.73 Å². The summed E-state index contributed by atoms with van der Waals surface area (Å²) < 4.78 is 51.2. The van der Waals surface area contributed by atoms with E-state index in [9.17, 15) is 16.8 Å². The van der Waals surface area contributed by atoms with Crippen LogP contribution in [0, 0.1) is 0 Å². The summed E-state index contributed by atoms with van der Waals surface area (Å²) in [5, 5.41) is 0. The molecule has 0 amide bonds. The number of anilines is 1. The molecule has 7 nitrogen and oxygen atoms in total. The quantitative estimate of drug-likeness (QED) is 0.752. The minimum absolute atomic E-state index is 0.164. The van der Waals surface area contributed by atoms with E-state index in [1.807, 2.05) is 0 Å². The second-order valence-electron chi connectivity index (χ2n) is 5.14. The van der Waals surface area contributed by atoms with E-state index in [2.05, 4.69) is 4.72 Å². The van der Waals surface area contributed by atoms with E-state index >= 15 is 0 Å². The average Bonchev–Trinajstić information content (AvgIpc) is 2.37. The van der Waals surface area contributed by atoms with Crippen molar-refractivity contribution in [3.8, 4) is 0 Å². The van der Waals surface area contributed by atoms with Crippen LogP contribution in [0.4, 0.5) is 5.69 Å². The van der Waals surface area contributed by atoms with Gasteiger partial charge in [0.05, 0.1) is 11.2 Å². The summed E-state index contributed by atoms with van der Waals surface area (Å²) in [5.74, 6) is 0. The highest BCUT2D eigenvalue weighted by atomic mass is 32.2. The van der Waals surface area contributed by atoms with Crippen LogP contribution in [0.5, 0.6) is 0 Å². The van der Waals surface area contributed by atoms with Gasteiger partial charge in [0, 0.05) is 24.8 Å².